The zero-order valence-electron chi connectivity index (χ0n) is 18.9. The van der Waals surface area contributed by atoms with Gasteiger partial charge in [-0.3, -0.25) is 0 Å². The molecule has 3 saturated carbocycles. The van der Waals surface area contributed by atoms with Crippen molar-refractivity contribution in [3.05, 3.63) is 24.8 Å². The average molecular weight is 385 g/mol. The van der Waals surface area contributed by atoms with Crippen molar-refractivity contribution in [2.45, 2.75) is 116 Å². The van der Waals surface area contributed by atoms with Gasteiger partial charge in [-0.1, -0.05) is 70.1 Å². The van der Waals surface area contributed by atoms with Crippen LogP contribution in [0.2, 0.25) is 0 Å². The highest BCUT2D eigenvalue weighted by Crippen LogP contribution is 2.42. The normalized spacial score (nSPS) is 37.2. The fourth-order valence-corrected chi connectivity index (χ4v) is 6.66. The smallest absolute Gasteiger partial charge is 0.0233 e. The van der Waals surface area contributed by atoms with Crippen LogP contribution in [0.25, 0.3) is 0 Å². The first kappa shape index (κ1) is 22.2. The van der Waals surface area contributed by atoms with Crippen molar-refractivity contribution in [2.75, 3.05) is 0 Å². The van der Waals surface area contributed by atoms with Gasteiger partial charge in [0.2, 0.25) is 0 Å². The molecule has 0 aromatic carbocycles. The summed E-state index contributed by atoms with van der Waals surface area (Å²) in [5.74, 6) is 6.11. The largest absolute Gasteiger partial charge is 0.103 e. The predicted molar refractivity (Wildman–Crippen MR) is 124 cm³/mol. The van der Waals surface area contributed by atoms with E-state index < -0.39 is 0 Å². The number of hydrogen-bond donors (Lipinski definition) is 0. The second-order valence-electron chi connectivity index (χ2n) is 10.6. The van der Waals surface area contributed by atoms with Gasteiger partial charge in [0.15, 0.2) is 0 Å². The van der Waals surface area contributed by atoms with Gasteiger partial charge < -0.3 is 0 Å². The Labute approximate surface area is 176 Å². The Morgan fingerprint density at radius 3 is 1.68 bits per heavy atom. The molecule has 0 heterocycles. The maximum Gasteiger partial charge on any atom is -0.0233 e. The summed E-state index contributed by atoms with van der Waals surface area (Å²) in [4.78, 5) is 0. The Balaban J connectivity index is 1.25. The van der Waals surface area contributed by atoms with Gasteiger partial charge in [0.1, 0.15) is 0 Å². The van der Waals surface area contributed by atoms with Crippen LogP contribution in [0.15, 0.2) is 24.8 Å². The maximum atomic E-state index is 3.87. The van der Waals surface area contributed by atoms with Gasteiger partial charge in [-0.15, -0.1) is 6.58 Å². The quantitative estimate of drug-likeness (QED) is 0.348. The van der Waals surface area contributed by atoms with E-state index in [0.717, 1.165) is 35.5 Å². The van der Waals surface area contributed by atoms with Crippen LogP contribution in [0.3, 0.4) is 0 Å². The van der Waals surface area contributed by atoms with Crippen molar-refractivity contribution in [1.29, 1.82) is 0 Å². The van der Waals surface area contributed by atoms with E-state index in [2.05, 4.69) is 31.7 Å². The summed E-state index contributed by atoms with van der Waals surface area (Å²) in [7, 11) is 0. The van der Waals surface area contributed by atoms with Crippen LogP contribution in [0.5, 0.6) is 0 Å². The fourth-order valence-electron chi connectivity index (χ4n) is 6.66. The first-order valence-electron chi connectivity index (χ1n) is 13.1. The molecule has 0 saturated heterocycles. The van der Waals surface area contributed by atoms with Gasteiger partial charge in [0, 0.05) is 0 Å². The molecular formula is C28H48. The van der Waals surface area contributed by atoms with E-state index in [9.17, 15) is 0 Å². The van der Waals surface area contributed by atoms with Crippen LogP contribution in [0, 0.1) is 35.5 Å². The predicted octanol–water partition coefficient (Wildman–Crippen LogP) is 9.12. The summed E-state index contributed by atoms with van der Waals surface area (Å²) < 4.78 is 0. The Morgan fingerprint density at radius 2 is 1.14 bits per heavy atom. The van der Waals surface area contributed by atoms with Gasteiger partial charge in [-0.2, -0.15) is 0 Å². The lowest BCUT2D eigenvalue weighted by Crippen LogP contribution is -2.25. The molecule has 28 heavy (non-hydrogen) atoms. The molecular weight excluding hydrogens is 336 g/mol. The molecule has 0 bridgehead atoms. The van der Waals surface area contributed by atoms with Crippen molar-refractivity contribution >= 4 is 0 Å². The molecule has 3 aliphatic rings. The van der Waals surface area contributed by atoms with E-state index in [1.807, 2.05) is 0 Å². The molecule has 0 nitrogen and oxygen atoms in total. The summed E-state index contributed by atoms with van der Waals surface area (Å²) in [6.45, 7) is 6.26. The molecule has 0 amide bonds. The molecule has 3 fully saturated rings. The Bertz CT molecular complexity index is 437. The van der Waals surface area contributed by atoms with E-state index >= 15 is 0 Å². The van der Waals surface area contributed by atoms with Crippen molar-refractivity contribution in [3.8, 4) is 0 Å². The van der Waals surface area contributed by atoms with Crippen LogP contribution in [-0.2, 0) is 0 Å². The van der Waals surface area contributed by atoms with E-state index in [1.54, 1.807) is 12.8 Å². The minimum atomic E-state index is 0.901. The molecule has 0 unspecified atom stereocenters. The minimum absolute atomic E-state index is 0.901. The van der Waals surface area contributed by atoms with Crippen molar-refractivity contribution in [3.63, 3.8) is 0 Å². The molecule has 3 aliphatic carbocycles. The summed E-state index contributed by atoms with van der Waals surface area (Å²) >= 11 is 0. The number of allylic oxidation sites excluding steroid dienone is 3. The zero-order chi connectivity index (χ0) is 19.6. The van der Waals surface area contributed by atoms with E-state index in [-0.39, 0.29) is 0 Å². The Hall–Kier alpha value is -0.520. The summed E-state index contributed by atoms with van der Waals surface area (Å²) in [6.07, 6.45) is 32.1. The summed E-state index contributed by atoms with van der Waals surface area (Å²) in [6, 6.07) is 0. The Morgan fingerprint density at radius 1 is 0.643 bits per heavy atom. The van der Waals surface area contributed by atoms with Gasteiger partial charge >= 0.3 is 0 Å². The molecule has 0 aromatic rings. The lowest BCUT2D eigenvalue weighted by Gasteiger charge is -2.37. The molecule has 160 valence electrons. The maximum absolute atomic E-state index is 3.87. The number of rotatable bonds is 9. The molecule has 0 N–H and O–H groups in total. The van der Waals surface area contributed by atoms with Gasteiger partial charge in [-0.25, -0.2) is 0 Å². The van der Waals surface area contributed by atoms with E-state index in [4.69, 9.17) is 0 Å². The van der Waals surface area contributed by atoms with Crippen LogP contribution < -0.4 is 0 Å². The standard InChI is InChI=1S/C28H48/c1-3-5-8-24-11-13-25(14-12-24)9-6-7-10-26-17-21-28(22-18-26)27-19-15-23(4-2)16-20-27/h3,7,10,23-28H,1,4-6,8-9,11-22H2,2H3/t23-,24-,25-,26-,27-,28-. The molecule has 0 atom stereocenters. The second-order valence-corrected chi connectivity index (χ2v) is 10.6. The second kappa shape index (κ2) is 12.2. The Kier molecular flexibility index (Phi) is 9.69. The molecule has 0 radical (unpaired) electrons. The van der Waals surface area contributed by atoms with Crippen molar-refractivity contribution in [1.82, 2.24) is 0 Å². The third-order valence-corrected chi connectivity index (χ3v) is 8.85. The van der Waals surface area contributed by atoms with Gasteiger partial charge in [0.25, 0.3) is 0 Å². The lowest BCUT2D eigenvalue weighted by molar-refractivity contribution is 0.154. The highest BCUT2D eigenvalue weighted by atomic mass is 14.3. The third kappa shape index (κ3) is 7.07. The van der Waals surface area contributed by atoms with Crippen LogP contribution in [-0.4, -0.2) is 0 Å². The van der Waals surface area contributed by atoms with Crippen LogP contribution in [0.4, 0.5) is 0 Å². The van der Waals surface area contributed by atoms with E-state index in [0.29, 0.717) is 0 Å². The monoisotopic (exact) mass is 384 g/mol. The fraction of sp³-hybridized carbons (Fsp3) is 0.857. The average Bonchev–Trinajstić information content (AvgIpc) is 2.76. The topological polar surface area (TPSA) is 0 Å². The molecule has 3 rings (SSSR count). The van der Waals surface area contributed by atoms with Gasteiger partial charge in [-0.05, 0) is 99.7 Å². The first-order valence-corrected chi connectivity index (χ1v) is 13.1. The van der Waals surface area contributed by atoms with Crippen molar-refractivity contribution in [2.24, 2.45) is 35.5 Å². The highest BCUT2D eigenvalue weighted by Gasteiger charge is 2.29. The zero-order valence-corrected chi connectivity index (χ0v) is 18.9. The third-order valence-electron chi connectivity index (χ3n) is 8.85. The summed E-state index contributed by atoms with van der Waals surface area (Å²) in [5.41, 5.74) is 0. The lowest BCUT2D eigenvalue weighted by atomic mass is 9.69. The molecule has 0 aliphatic heterocycles. The molecule has 0 spiro atoms. The minimum Gasteiger partial charge on any atom is -0.103 e. The van der Waals surface area contributed by atoms with E-state index in [1.165, 1.54) is 96.3 Å². The van der Waals surface area contributed by atoms with Gasteiger partial charge in [0.05, 0.1) is 0 Å². The summed E-state index contributed by atoms with van der Waals surface area (Å²) in [5, 5.41) is 0. The van der Waals surface area contributed by atoms with Crippen LogP contribution >= 0.6 is 0 Å². The van der Waals surface area contributed by atoms with Crippen LogP contribution in [0.1, 0.15) is 116 Å². The highest BCUT2D eigenvalue weighted by molar-refractivity contribution is 4.93. The molecule has 0 aromatic heterocycles. The van der Waals surface area contributed by atoms with Crippen molar-refractivity contribution < 1.29 is 0 Å². The molecule has 0 heteroatoms. The first-order chi connectivity index (χ1) is 13.8. The SMILES string of the molecule is C=CCC[C@H]1CC[C@H](CCC=C[C@H]2CC[C@H]([C@H]3CC[C@H](CC)CC3)CC2)CC1. The number of hydrogen-bond acceptors (Lipinski definition) is 0.